The Labute approximate surface area is 117 Å². The number of carbonyl (C=O) groups is 1. The normalized spacial score (nSPS) is 13.8. The Kier molecular flexibility index (Phi) is 3.85. The molecule has 1 amide bonds. The van der Waals surface area contributed by atoms with Crippen molar-refractivity contribution in [3.05, 3.63) is 47.5 Å². The highest BCUT2D eigenvalue weighted by atomic mass is 16.3. The molecule has 6 nitrogen and oxygen atoms in total. The monoisotopic (exact) mass is 274 g/mol. The second kappa shape index (κ2) is 5.42. The maximum absolute atomic E-state index is 12.0. The number of aliphatic hydroxyl groups is 1. The van der Waals surface area contributed by atoms with E-state index in [2.05, 4.69) is 15.4 Å². The fourth-order valence-electron chi connectivity index (χ4n) is 1.81. The van der Waals surface area contributed by atoms with E-state index in [1.807, 2.05) is 13.0 Å². The van der Waals surface area contributed by atoms with Gasteiger partial charge in [0.1, 0.15) is 11.3 Å². The van der Waals surface area contributed by atoms with Crippen molar-refractivity contribution in [1.29, 1.82) is 0 Å². The highest BCUT2D eigenvalue weighted by molar-refractivity contribution is 5.92. The van der Waals surface area contributed by atoms with Crippen molar-refractivity contribution >= 4 is 5.91 Å². The van der Waals surface area contributed by atoms with Gasteiger partial charge < -0.3 is 10.4 Å². The van der Waals surface area contributed by atoms with Crippen LogP contribution in [-0.2, 0) is 12.6 Å². The first-order valence-corrected chi connectivity index (χ1v) is 6.32. The third-order valence-corrected chi connectivity index (χ3v) is 3.04. The molecule has 6 heteroatoms. The number of amides is 1. The van der Waals surface area contributed by atoms with Crippen LogP contribution in [0.4, 0.5) is 0 Å². The van der Waals surface area contributed by atoms with E-state index in [1.54, 1.807) is 43.2 Å². The van der Waals surface area contributed by atoms with Crippen LogP contribution < -0.4 is 5.32 Å². The zero-order chi connectivity index (χ0) is 14.8. The molecule has 0 aliphatic rings. The molecule has 2 N–H and O–H groups in total. The summed E-state index contributed by atoms with van der Waals surface area (Å²) in [5.74, 6) is -0.308. The number of rotatable bonds is 4. The second-order valence-corrected chi connectivity index (χ2v) is 5.02. The van der Waals surface area contributed by atoms with Crippen LogP contribution in [0.3, 0.4) is 0 Å². The van der Waals surface area contributed by atoms with E-state index in [-0.39, 0.29) is 12.5 Å². The van der Waals surface area contributed by atoms with Gasteiger partial charge in [-0.1, -0.05) is 6.07 Å². The molecule has 0 aromatic carbocycles. The summed E-state index contributed by atoms with van der Waals surface area (Å²) in [6.07, 6.45) is 3.30. The summed E-state index contributed by atoms with van der Waals surface area (Å²) in [4.78, 5) is 16.1. The van der Waals surface area contributed by atoms with E-state index in [4.69, 9.17) is 0 Å². The first-order chi connectivity index (χ1) is 9.38. The Morgan fingerprint density at radius 1 is 1.50 bits per heavy atom. The van der Waals surface area contributed by atoms with Crippen molar-refractivity contribution < 1.29 is 9.90 Å². The summed E-state index contributed by atoms with van der Waals surface area (Å²) in [5, 5.41) is 17.1. The van der Waals surface area contributed by atoms with Crippen LogP contribution in [0.25, 0.3) is 0 Å². The molecule has 1 atom stereocenters. The fraction of sp³-hybridized carbons (Fsp3) is 0.357. The Hall–Kier alpha value is -2.21. The number of aryl methyl sites for hydroxylation is 2. The van der Waals surface area contributed by atoms with Gasteiger partial charge in [0.05, 0.1) is 12.7 Å². The molecule has 0 aliphatic carbocycles. The number of nitrogens with zero attached hydrogens (tertiary/aromatic N) is 3. The maximum Gasteiger partial charge on any atom is 0.269 e. The molecule has 0 fully saturated rings. The number of carbonyl (C=O) groups excluding carboxylic acids is 1. The predicted molar refractivity (Wildman–Crippen MR) is 74.1 cm³/mol. The van der Waals surface area contributed by atoms with Crippen LogP contribution in [0.5, 0.6) is 0 Å². The van der Waals surface area contributed by atoms with E-state index in [9.17, 15) is 9.90 Å². The Balaban J connectivity index is 2.03. The molecule has 0 saturated heterocycles. The first-order valence-electron chi connectivity index (χ1n) is 6.32. The van der Waals surface area contributed by atoms with Crippen molar-refractivity contribution in [1.82, 2.24) is 20.1 Å². The molecule has 106 valence electrons. The molecule has 2 aromatic rings. The maximum atomic E-state index is 12.0. The first kappa shape index (κ1) is 14.2. The number of hydrogen-bond donors (Lipinski definition) is 2. The summed E-state index contributed by atoms with van der Waals surface area (Å²) < 4.78 is 1.60. The molecule has 0 bridgehead atoms. The molecule has 0 aliphatic heterocycles. The van der Waals surface area contributed by atoms with E-state index >= 15 is 0 Å². The molecule has 0 spiro atoms. The van der Waals surface area contributed by atoms with Crippen LogP contribution in [-0.4, -0.2) is 32.3 Å². The Morgan fingerprint density at radius 3 is 2.85 bits per heavy atom. The van der Waals surface area contributed by atoms with Crippen molar-refractivity contribution in [3.8, 4) is 0 Å². The largest absolute Gasteiger partial charge is 0.383 e. The molecular weight excluding hydrogens is 256 g/mol. The molecule has 2 rings (SSSR count). The Bertz CT molecular complexity index is 619. The molecule has 0 radical (unpaired) electrons. The van der Waals surface area contributed by atoms with Crippen molar-refractivity contribution in [2.75, 3.05) is 6.54 Å². The minimum atomic E-state index is -1.17. The average Bonchev–Trinajstić information content (AvgIpc) is 2.83. The van der Waals surface area contributed by atoms with Crippen LogP contribution in [0.1, 0.15) is 28.7 Å². The van der Waals surface area contributed by atoms with Crippen molar-refractivity contribution in [2.45, 2.75) is 19.4 Å². The Morgan fingerprint density at radius 2 is 2.25 bits per heavy atom. The number of nitrogens with one attached hydrogen (secondary N) is 1. The van der Waals surface area contributed by atoms with E-state index in [1.165, 1.54) is 0 Å². The zero-order valence-corrected chi connectivity index (χ0v) is 11.8. The van der Waals surface area contributed by atoms with Crippen LogP contribution in [0, 0.1) is 6.92 Å². The number of pyridine rings is 1. The van der Waals surface area contributed by atoms with Gasteiger partial charge in [-0.2, -0.15) is 5.10 Å². The minimum Gasteiger partial charge on any atom is -0.383 e. The van der Waals surface area contributed by atoms with Gasteiger partial charge in [-0.3, -0.25) is 9.48 Å². The molecule has 2 aromatic heterocycles. The standard InChI is InChI=1S/C14H18N4O2/c1-10-5-4-6-12(17-10)13(19)15-9-14(2,20)11-7-16-18(3)8-11/h4-8,20H,9H2,1-3H3,(H,15,19). The van der Waals surface area contributed by atoms with Crippen LogP contribution in [0.2, 0.25) is 0 Å². The lowest BCUT2D eigenvalue weighted by Gasteiger charge is -2.22. The second-order valence-electron chi connectivity index (χ2n) is 5.02. The lowest BCUT2D eigenvalue weighted by Crippen LogP contribution is -2.38. The van der Waals surface area contributed by atoms with Gasteiger partial charge in [0.2, 0.25) is 0 Å². The summed E-state index contributed by atoms with van der Waals surface area (Å²) in [6.45, 7) is 3.55. The van der Waals surface area contributed by atoms with Crippen LogP contribution in [0.15, 0.2) is 30.6 Å². The summed E-state index contributed by atoms with van der Waals surface area (Å²) in [6, 6.07) is 5.24. The van der Waals surface area contributed by atoms with E-state index < -0.39 is 5.60 Å². The van der Waals surface area contributed by atoms with Gasteiger partial charge in [0.15, 0.2) is 0 Å². The van der Waals surface area contributed by atoms with Gasteiger partial charge >= 0.3 is 0 Å². The lowest BCUT2D eigenvalue weighted by molar-refractivity contribution is 0.0524. The van der Waals surface area contributed by atoms with Crippen molar-refractivity contribution in [2.24, 2.45) is 7.05 Å². The summed E-state index contributed by atoms with van der Waals surface area (Å²) in [7, 11) is 1.77. The van der Waals surface area contributed by atoms with Gasteiger partial charge in [0, 0.05) is 24.5 Å². The zero-order valence-electron chi connectivity index (χ0n) is 11.8. The van der Waals surface area contributed by atoms with Gasteiger partial charge in [0.25, 0.3) is 5.91 Å². The summed E-state index contributed by atoms with van der Waals surface area (Å²) >= 11 is 0. The minimum absolute atomic E-state index is 0.0904. The molecule has 20 heavy (non-hydrogen) atoms. The summed E-state index contributed by atoms with van der Waals surface area (Å²) in [5.41, 5.74) is 0.592. The highest BCUT2D eigenvalue weighted by Gasteiger charge is 2.25. The average molecular weight is 274 g/mol. The third-order valence-electron chi connectivity index (χ3n) is 3.04. The topological polar surface area (TPSA) is 80.0 Å². The highest BCUT2D eigenvalue weighted by Crippen LogP contribution is 2.18. The quantitative estimate of drug-likeness (QED) is 0.862. The SMILES string of the molecule is Cc1cccc(C(=O)NCC(C)(O)c2cnn(C)c2)n1. The lowest BCUT2D eigenvalue weighted by atomic mass is 10.00. The predicted octanol–water partition coefficient (Wildman–Crippen LogP) is 0.761. The molecule has 0 saturated carbocycles. The van der Waals surface area contributed by atoms with Crippen molar-refractivity contribution in [3.63, 3.8) is 0 Å². The van der Waals surface area contributed by atoms with Gasteiger partial charge in [-0.25, -0.2) is 4.98 Å². The fourth-order valence-corrected chi connectivity index (χ4v) is 1.81. The number of aromatic nitrogens is 3. The molecule has 2 heterocycles. The third kappa shape index (κ3) is 3.21. The molecular formula is C14H18N4O2. The van der Waals surface area contributed by atoms with E-state index in [0.717, 1.165) is 5.69 Å². The molecule has 1 unspecified atom stereocenters. The smallest absolute Gasteiger partial charge is 0.269 e. The van der Waals surface area contributed by atoms with E-state index in [0.29, 0.717) is 11.3 Å². The van der Waals surface area contributed by atoms with Crippen LogP contribution >= 0.6 is 0 Å². The number of hydrogen-bond acceptors (Lipinski definition) is 4. The van der Waals surface area contributed by atoms with Gasteiger partial charge in [-0.15, -0.1) is 0 Å². The van der Waals surface area contributed by atoms with Gasteiger partial charge in [-0.05, 0) is 26.0 Å².